The number of rotatable bonds is 2. The number of nitrogens with zero attached hydrogens (tertiary/aromatic N) is 4. The predicted molar refractivity (Wildman–Crippen MR) is 95.5 cm³/mol. The lowest BCUT2D eigenvalue weighted by Crippen LogP contribution is -2.17. The van der Waals surface area contributed by atoms with Gasteiger partial charge in [-0.3, -0.25) is 4.98 Å². The molecule has 0 amide bonds. The van der Waals surface area contributed by atoms with E-state index in [9.17, 15) is 13.2 Å². The largest absolute Gasteiger partial charge is 0.406 e. The Kier molecular flexibility index (Phi) is 3.89. The first kappa shape index (κ1) is 17.2. The molecule has 0 aliphatic carbocycles. The van der Waals surface area contributed by atoms with E-state index in [1.807, 2.05) is 0 Å². The smallest absolute Gasteiger partial charge is 0.329 e. The topological polar surface area (TPSA) is 35.6 Å². The van der Waals surface area contributed by atoms with Crippen LogP contribution in [0.4, 0.5) is 13.2 Å². The Labute approximate surface area is 155 Å². The number of hydrogen-bond acceptors (Lipinski definition) is 2. The molecule has 0 fully saturated rings. The third-order valence-electron chi connectivity index (χ3n) is 4.27. The number of fused-ring (bicyclic) bond motifs is 3. The van der Waals surface area contributed by atoms with Gasteiger partial charge in [0.1, 0.15) is 6.54 Å². The van der Waals surface area contributed by atoms with Gasteiger partial charge in [0.25, 0.3) is 0 Å². The summed E-state index contributed by atoms with van der Waals surface area (Å²) in [6.07, 6.45) is 0.0905. The first-order chi connectivity index (χ1) is 12.3. The normalized spacial score (nSPS) is 12.4. The maximum atomic E-state index is 13.3. The first-order valence-corrected chi connectivity index (χ1v) is 8.31. The fraction of sp³-hybridized carbons (Fsp3) is 0.176. The van der Waals surface area contributed by atoms with Crippen LogP contribution >= 0.6 is 23.2 Å². The highest BCUT2D eigenvalue weighted by Crippen LogP contribution is 2.39. The first-order valence-electron chi connectivity index (χ1n) is 7.56. The van der Waals surface area contributed by atoms with Crippen LogP contribution in [0.1, 0.15) is 0 Å². The third-order valence-corrected chi connectivity index (χ3v) is 4.84. The number of pyridine rings is 1. The molecule has 3 heterocycles. The average Bonchev–Trinajstić information content (AvgIpc) is 3.05. The minimum Gasteiger partial charge on any atom is -0.329 e. The number of aromatic nitrogens is 4. The molecule has 26 heavy (non-hydrogen) atoms. The lowest BCUT2D eigenvalue weighted by atomic mass is 10.1. The van der Waals surface area contributed by atoms with E-state index >= 15 is 0 Å². The zero-order valence-electron chi connectivity index (χ0n) is 13.3. The molecule has 4 nitrogen and oxygen atoms in total. The van der Waals surface area contributed by atoms with Crippen LogP contribution in [-0.4, -0.2) is 25.3 Å². The molecule has 0 spiro atoms. The highest BCUT2D eigenvalue weighted by Gasteiger charge is 2.31. The molecule has 4 aromatic rings. The third kappa shape index (κ3) is 2.71. The van der Waals surface area contributed by atoms with Gasteiger partial charge in [-0.2, -0.15) is 13.2 Å². The van der Waals surface area contributed by atoms with Crippen molar-refractivity contribution in [1.29, 1.82) is 0 Å². The molecule has 0 aliphatic heterocycles. The number of alkyl halides is 3. The molecule has 4 rings (SSSR count). The minimum absolute atomic E-state index is 0.230. The van der Waals surface area contributed by atoms with Crippen LogP contribution in [0, 0.1) is 0 Å². The molecule has 0 radical (unpaired) electrons. The standard InChI is InChI=1S/C17H11Cl2F3N4/c1-25-13(7-24-16(25)19)12-5-9(18)4-11-10-2-3-23-6-14(10)26(15(11)12)8-17(20,21)22/h2-7H,8H2,1H3. The maximum Gasteiger partial charge on any atom is 0.406 e. The molecule has 0 aliphatic rings. The summed E-state index contributed by atoms with van der Waals surface area (Å²) < 4.78 is 42.6. The van der Waals surface area contributed by atoms with Gasteiger partial charge in [-0.1, -0.05) is 11.6 Å². The van der Waals surface area contributed by atoms with Gasteiger partial charge < -0.3 is 9.13 Å². The van der Waals surface area contributed by atoms with Crippen molar-refractivity contribution in [1.82, 2.24) is 19.1 Å². The van der Waals surface area contributed by atoms with Crippen molar-refractivity contribution in [3.05, 3.63) is 47.1 Å². The summed E-state index contributed by atoms with van der Waals surface area (Å²) in [6, 6.07) is 4.96. The van der Waals surface area contributed by atoms with Crippen LogP contribution in [0.25, 0.3) is 33.1 Å². The van der Waals surface area contributed by atoms with E-state index in [1.165, 1.54) is 17.0 Å². The number of hydrogen-bond donors (Lipinski definition) is 0. The predicted octanol–water partition coefficient (Wildman–Crippen LogP) is 5.46. The van der Waals surface area contributed by atoms with Crippen LogP contribution in [0.2, 0.25) is 10.3 Å². The van der Waals surface area contributed by atoms with Crippen molar-refractivity contribution in [3.63, 3.8) is 0 Å². The summed E-state index contributed by atoms with van der Waals surface area (Å²) in [6.45, 7) is -1.14. The van der Waals surface area contributed by atoms with Gasteiger partial charge in [0, 0.05) is 34.6 Å². The van der Waals surface area contributed by atoms with Gasteiger partial charge in [0.15, 0.2) is 0 Å². The van der Waals surface area contributed by atoms with Gasteiger partial charge >= 0.3 is 6.18 Å². The van der Waals surface area contributed by atoms with Gasteiger partial charge in [-0.05, 0) is 29.8 Å². The van der Waals surface area contributed by atoms with Crippen molar-refractivity contribution < 1.29 is 13.2 Å². The summed E-state index contributed by atoms with van der Waals surface area (Å²) >= 11 is 12.3. The second-order valence-electron chi connectivity index (χ2n) is 5.92. The van der Waals surface area contributed by atoms with Crippen LogP contribution in [0.15, 0.2) is 36.8 Å². The monoisotopic (exact) mass is 398 g/mol. The Hall–Kier alpha value is -2.25. The summed E-state index contributed by atoms with van der Waals surface area (Å²) in [5.41, 5.74) is 1.89. The second kappa shape index (κ2) is 5.89. The molecule has 0 N–H and O–H groups in total. The lowest BCUT2D eigenvalue weighted by Gasteiger charge is -2.14. The van der Waals surface area contributed by atoms with Crippen LogP contribution in [0.3, 0.4) is 0 Å². The lowest BCUT2D eigenvalue weighted by molar-refractivity contribution is -0.139. The Morgan fingerprint density at radius 1 is 1.12 bits per heavy atom. The highest BCUT2D eigenvalue weighted by molar-refractivity contribution is 6.33. The minimum atomic E-state index is -4.39. The summed E-state index contributed by atoms with van der Waals surface area (Å²) in [5, 5.41) is 1.91. The van der Waals surface area contributed by atoms with E-state index in [0.717, 1.165) is 0 Å². The molecule has 0 unspecified atom stereocenters. The van der Waals surface area contributed by atoms with E-state index in [1.54, 1.807) is 36.0 Å². The zero-order chi connectivity index (χ0) is 18.6. The molecular weight excluding hydrogens is 388 g/mol. The molecule has 134 valence electrons. The summed E-state index contributed by atoms with van der Waals surface area (Å²) in [5.74, 6) is 0. The second-order valence-corrected chi connectivity index (χ2v) is 6.69. The van der Waals surface area contributed by atoms with E-state index < -0.39 is 12.7 Å². The van der Waals surface area contributed by atoms with E-state index in [-0.39, 0.29) is 5.28 Å². The summed E-state index contributed by atoms with van der Waals surface area (Å²) in [7, 11) is 1.69. The SMILES string of the molecule is Cn1c(-c2cc(Cl)cc3c4ccncc4n(CC(F)(F)F)c23)cnc1Cl. The van der Waals surface area contributed by atoms with E-state index in [0.29, 0.717) is 38.1 Å². The number of halogens is 5. The summed E-state index contributed by atoms with van der Waals surface area (Å²) in [4.78, 5) is 8.01. The Balaban J connectivity index is 2.17. The Bertz CT molecular complexity index is 1140. The maximum absolute atomic E-state index is 13.3. The fourth-order valence-electron chi connectivity index (χ4n) is 3.22. The van der Waals surface area contributed by atoms with Crippen molar-refractivity contribution in [2.24, 2.45) is 7.05 Å². The molecule has 9 heteroatoms. The number of imidazole rings is 1. The van der Waals surface area contributed by atoms with Gasteiger partial charge in [0.2, 0.25) is 5.28 Å². The zero-order valence-corrected chi connectivity index (χ0v) is 14.9. The molecule has 1 aromatic carbocycles. The average molecular weight is 399 g/mol. The van der Waals surface area contributed by atoms with E-state index in [2.05, 4.69) is 9.97 Å². The van der Waals surface area contributed by atoms with Crippen LogP contribution < -0.4 is 0 Å². The van der Waals surface area contributed by atoms with Gasteiger partial charge in [0.05, 0.1) is 29.1 Å². The number of benzene rings is 1. The Morgan fingerprint density at radius 2 is 1.88 bits per heavy atom. The van der Waals surface area contributed by atoms with E-state index in [4.69, 9.17) is 23.2 Å². The highest BCUT2D eigenvalue weighted by atomic mass is 35.5. The van der Waals surface area contributed by atoms with Gasteiger partial charge in [-0.25, -0.2) is 4.98 Å². The molecule has 0 saturated carbocycles. The molecule has 0 bridgehead atoms. The van der Waals surface area contributed by atoms with Crippen molar-refractivity contribution >= 4 is 45.0 Å². The molecule has 3 aromatic heterocycles. The Morgan fingerprint density at radius 3 is 2.54 bits per heavy atom. The van der Waals surface area contributed by atoms with Crippen LogP contribution in [0.5, 0.6) is 0 Å². The fourth-order valence-corrected chi connectivity index (χ4v) is 3.58. The van der Waals surface area contributed by atoms with Crippen molar-refractivity contribution in [2.75, 3.05) is 0 Å². The van der Waals surface area contributed by atoms with Crippen molar-refractivity contribution in [3.8, 4) is 11.3 Å². The molecule has 0 atom stereocenters. The van der Waals surface area contributed by atoms with Crippen LogP contribution in [-0.2, 0) is 13.6 Å². The quantitative estimate of drug-likeness (QED) is 0.449. The van der Waals surface area contributed by atoms with Crippen molar-refractivity contribution in [2.45, 2.75) is 12.7 Å². The molecular formula is C17H11Cl2F3N4. The van der Waals surface area contributed by atoms with Gasteiger partial charge in [-0.15, -0.1) is 0 Å². The molecule has 0 saturated heterocycles.